The van der Waals surface area contributed by atoms with Gasteiger partial charge in [0.1, 0.15) is 0 Å². The van der Waals surface area contributed by atoms with Crippen LogP contribution in [0.15, 0.2) is 59.7 Å². The van der Waals surface area contributed by atoms with Crippen LogP contribution in [-0.2, 0) is 6.42 Å². The van der Waals surface area contributed by atoms with Crippen LogP contribution in [0.2, 0.25) is 0 Å². The van der Waals surface area contributed by atoms with E-state index in [1.807, 2.05) is 13.0 Å². The SMILES string of the molecule is Cc1ccc(CCNc2nccn(-c3cc(C(=O)NC4CC4)ccc3C)c2=O)cc1. The summed E-state index contributed by atoms with van der Waals surface area (Å²) >= 11 is 0. The van der Waals surface area contributed by atoms with Crippen molar-refractivity contribution < 1.29 is 4.79 Å². The van der Waals surface area contributed by atoms with Gasteiger partial charge in [0, 0.05) is 30.5 Å². The molecule has 0 bridgehead atoms. The fraction of sp³-hybridized carbons (Fsp3) is 0.292. The summed E-state index contributed by atoms with van der Waals surface area (Å²) in [7, 11) is 0. The van der Waals surface area contributed by atoms with Crippen molar-refractivity contribution in [3.8, 4) is 5.69 Å². The molecule has 0 aliphatic heterocycles. The molecule has 1 fully saturated rings. The van der Waals surface area contributed by atoms with Crippen LogP contribution in [-0.4, -0.2) is 28.0 Å². The van der Waals surface area contributed by atoms with E-state index in [4.69, 9.17) is 0 Å². The van der Waals surface area contributed by atoms with Crippen molar-refractivity contribution in [2.75, 3.05) is 11.9 Å². The first-order valence-electron chi connectivity index (χ1n) is 10.3. The van der Waals surface area contributed by atoms with Gasteiger partial charge in [-0.05, 0) is 56.4 Å². The highest BCUT2D eigenvalue weighted by atomic mass is 16.2. The molecule has 0 atom stereocenters. The first-order chi connectivity index (χ1) is 14.5. The second-order valence-corrected chi connectivity index (χ2v) is 7.86. The van der Waals surface area contributed by atoms with Crippen molar-refractivity contribution in [1.29, 1.82) is 0 Å². The molecule has 1 aromatic heterocycles. The monoisotopic (exact) mass is 402 g/mol. The summed E-state index contributed by atoms with van der Waals surface area (Å²) in [6.07, 6.45) is 6.11. The highest BCUT2D eigenvalue weighted by Gasteiger charge is 2.24. The molecule has 0 radical (unpaired) electrons. The van der Waals surface area contributed by atoms with Gasteiger partial charge in [-0.3, -0.25) is 14.2 Å². The van der Waals surface area contributed by atoms with Crippen LogP contribution in [0, 0.1) is 13.8 Å². The molecule has 0 saturated heterocycles. The summed E-state index contributed by atoms with van der Waals surface area (Å²) in [5.74, 6) is 0.203. The number of nitrogens with one attached hydrogen (secondary N) is 2. The van der Waals surface area contributed by atoms with Crippen LogP contribution in [0.25, 0.3) is 5.69 Å². The Balaban J connectivity index is 1.52. The standard InChI is InChI=1S/C24H26N4O2/c1-16-3-6-18(7-4-16)11-12-25-22-24(30)28(14-13-26-22)21-15-19(8-5-17(21)2)23(29)27-20-9-10-20/h3-8,13-15,20H,9-12H2,1-2H3,(H,25,26)(H,27,29). The quantitative estimate of drug-likeness (QED) is 0.635. The minimum absolute atomic E-state index is 0.0997. The molecule has 6 heteroatoms. The minimum Gasteiger partial charge on any atom is -0.365 e. The summed E-state index contributed by atoms with van der Waals surface area (Å²) < 4.78 is 1.55. The molecule has 6 nitrogen and oxygen atoms in total. The summed E-state index contributed by atoms with van der Waals surface area (Å²) in [6.45, 7) is 4.60. The molecule has 1 amide bonds. The van der Waals surface area contributed by atoms with Gasteiger partial charge in [0.2, 0.25) is 0 Å². The lowest BCUT2D eigenvalue weighted by Crippen LogP contribution is -2.27. The van der Waals surface area contributed by atoms with E-state index in [2.05, 4.69) is 46.8 Å². The van der Waals surface area contributed by atoms with Crippen LogP contribution in [0.4, 0.5) is 5.82 Å². The van der Waals surface area contributed by atoms with E-state index in [9.17, 15) is 9.59 Å². The number of carbonyl (C=O) groups is 1. The Labute approximate surface area is 176 Å². The van der Waals surface area contributed by atoms with E-state index in [1.165, 1.54) is 11.1 Å². The van der Waals surface area contributed by atoms with Crippen molar-refractivity contribution in [3.63, 3.8) is 0 Å². The Morgan fingerprint density at radius 3 is 2.63 bits per heavy atom. The molecule has 1 aliphatic rings. The summed E-state index contributed by atoms with van der Waals surface area (Å²) in [5, 5.41) is 6.14. The zero-order valence-corrected chi connectivity index (χ0v) is 17.3. The van der Waals surface area contributed by atoms with Gasteiger partial charge in [-0.25, -0.2) is 4.98 Å². The van der Waals surface area contributed by atoms with E-state index < -0.39 is 0 Å². The van der Waals surface area contributed by atoms with E-state index in [0.29, 0.717) is 23.6 Å². The maximum atomic E-state index is 13.0. The summed E-state index contributed by atoms with van der Waals surface area (Å²) in [4.78, 5) is 29.7. The summed E-state index contributed by atoms with van der Waals surface area (Å²) in [5.41, 5.74) is 4.35. The van der Waals surface area contributed by atoms with Crippen LogP contribution in [0.3, 0.4) is 0 Å². The number of amides is 1. The smallest absolute Gasteiger partial charge is 0.297 e. The minimum atomic E-state index is -0.232. The lowest BCUT2D eigenvalue weighted by Gasteiger charge is -2.13. The highest BCUT2D eigenvalue weighted by Crippen LogP contribution is 2.20. The van der Waals surface area contributed by atoms with Gasteiger partial charge in [0.15, 0.2) is 5.82 Å². The van der Waals surface area contributed by atoms with Gasteiger partial charge in [-0.2, -0.15) is 0 Å². The predicted octanol–water partition coefficient (Wildman–Crippen LogP) is 3.40. The number of hydrogen-bond acceptors (Lipinski definition) is 4. The van der Waals surface area contributed by atoms with Crippen LogP contribution < -0.4 is 16.2 Å². The first-order valence-corrected chi connectivity index (χ1v) is 10.3. The molecule has 3 aromatic rings. The fourth-order valence-corrected chi connectivity index (χ4v) is 3.31. The Morgan fingerprint density at radius 2 is 1.90 bits per heavy atom. The van der Waals surface area contributed by atoms with E-state index in [1.54, 1.807) is 29.1 Å². The molecule has 2 N–H and O–H groups in total. The lowest BCUT2D eigenvalue weighted by atomic mass is 10.1. The first kappa shape index (κ1) is 19.9. The van der Waals surface area contributed by atoms with Gasteiger partial charge in [-0.1, -0.05) is 35.9 Å². The number of hydrogen-bond donors (Lipinski definition) is 2. The van der Waals surface area contributed by atoms with Crippen molar-refractivity contribution in [2.24, 2.45) is 0 Å². The molecule has 4 rings (SSSR count). The Morgan fingerprint density at radius 1 is 1.13 bits per heavy atom. The molecule has 1 saturated carbocycles. The van der Waals surface area contributed by atoms with Gasteiger partial charge < -0.3 is 10.6 Å². The van der Waals surface area contributed by atoms with E-state index >= 15 is 0 Å². The predicted molar refractivity (Wildman–Crippen MR) is 118 cm³/mol. The molecular weight excluding hydrogens is 376 g/mol. The van der Waals surface area contributed by atoms with Gasteiger partial charge in [0.25, 0.3) is 11.5 Å². The molecule has 30 heavy (non-hydrogen) atoms. The number of rotatable bonds is 7. The van der Waals surface area contributed by atoms with Crippen molar-refractivity contribution in [1.82, 2.24) is 14.9 Å². The number of anilines is 1. The number of carbonyl (C=O) groups excluding carboxylic acids is 1. The Kier molecular flexibility index (Phi) is 5.65. The third kappa shape index (κ3) is 4.59. The molecular formula is C24H26N4O2. The highest BCUT2D eigenvalue weighted by molar-refractivity contribution is 5.95. The lowest BCUT2D eigenvalue weighted by molar-refractivity contribution is 0.0951. The topological polar surface area (TPSA) is 76.0 Å². The van der Waals surface area contributed by atoms with Crippen LogP contribution in [0.5, 0.6) is 0 Å². The maximum absolute atomic E-state index is 13.0. The fourth-order valence-electron chi connectivity index (χ4n) is 3.31. The molecule has 0 spiro atoms. The van der Waals surface area contributed by atoms with Crippen molar-refractivity contribution >= 4 is 11.7 Å². The van der Waals surface area contributed by atoms with Crippen molar-refractivity contribution in [3.05, 3.63) is 87.5 Å². The van der Waals surface area contributed by atoms with Gasteiger partial charge in [-0.15, -0.1) is 0 Å². The van der Waals surface area contributed by atoms with Gasteiger partial charge >= 0.3 is 0 Å². The van der Waals surface area contributed by atoms with Crippen molar-refractivity contribution in [2.45, 2.75) is 39.2 Å². The second kappa shape index (κ2) is 8.53. The zero-order chi connectivity index (χ0) is 21.1. The average molecular weight is 402 g/mol. The van der Waals surface area contributed by atoms with E-state index in [0.717, 1.165) is 24.8 Å². The zero-order valence-electron chi connectivity index (χ0n) is 17.3. The molecule has 154 valence electrons. The number of benzene rings is 2. The molecule has 1 aliphatic carbocycles. The maximum Gasteiger partial charge on any atom is 0.297 e. The normalized spacial score (nSPS) is 13.1. The Bertz CT molecular complexity index is 1110. The third-order valence-corrected chi connectivity index (χ3v) is 5.31. The number of aryl methyl sites for hydroxylation is 2. The third-order valence-electron chi connectivity index (χ3n) is 5.31. The van der Waals surface area contributed by atoms with Crippen LogP contribution >= 0.6 is 0 Å². The van der Waals surface area contributed by atoms with E-state index in [-0.39, 0.29) is 17.5 Å². The molecule has 2 aromatic carbocycles. The average Bonchev–Trinajstić information content (AvgIpc) is 3.55. The Hall–Kier alpha value is -3.41. The molecule has 0 unspecified atom stereocenters. The largest absolute Gasteiger partial charge is 0.365 e. The molecule has 1 heterocycles. The van der Waals surface area contributed by atoms with Gasteiger partial charge in [0.05, 0.1) is 5.69 Å². The number of aromatic nitrogens is 2. The van der Waals surface area contributed by atoms with Crippen LogP contribution in [0.1, 0.15) is 39.9 Å². The second-order valence-electron chi connectivity index (χ2n) is 7.86. The summed E-state index contributed by atoms with van der Waals surface area (Å²) in [6, 6.07) is 14.1. The number of nitrogens with zero attached hydrogens (tertiary/aromatic N) is 2.